The number of carbonyl (C=O) groups excluding carboxylic acids is 1. The van der Waals surface area contributed by atoms with Crippen LogP contribution in [0, 0.1) is 5.92 Å². The summed E-state index contributed by atoms with van der Waals surface area (Å²) < 4.78 is 5.26. The molecule has 0 fully saturated rings. The Hall–Kier alpha value is -1.31. The molecule has 2 nitrogen and oxygen atoms in total. The van der Waals surface area contributed by atoms with E-state index >= 15 is 0 Å². The number of hydrogen-bond donors (Lipinski definition) is 0. The Morgan fingerprint density at radius 1 is 1.05 bits per heavy atom. The summed E-state index contributed by atoms with van der Waals surface area (Å²) in [5.41, 5.74) is 0.640. The standard InChI is InChI=1S/C18H28O2/c1-3-4-11-16(2)12-7-6-10-15-20-18(19)17-13-8-5-9-14-17/h5,8-9,13-14,16H,3-4,6-7,10-12,15H2,1-2H3. The first kappa shape index (κ1) is 16.7. The predicted octanol–water partition coefficient (Wildman–Crippen LogP) is 5.23. The van der Waals surface area contributed by atoms with Gasteiger partial charge in [0.1, 0.15) is 0 Å². The number of unbranched alkanes of at least 4 members (excludes halogenated alkanes) is 3. The Morgan fingerprint density at radius 3 is 2.45 bits per heavy atom. The quantitative estimate of drug-likeness (QED) is 0.432. The van der Waals surface area contributed by atoms with Gasteiger partial charge in [-0.15, -0.1) is 0 Å². The van der Waals surface area contributed by atoms with E-state index in [2.05, 4.69) is 13.8 Å². The van der Waals surface area contributed by atoms with Crippen LogP contribution in [-0.4, -0.2) is 12.6 Å². The van der Waals surface area contributed by atoms with E-state index in [1.165, 1.54) is 32.1 Å². The number of benzene rings is 1. The molecular weight excluding hydrogens is 248 g/mol. The fourth-order valence-electron chi connectivity index (χ4n) is 2.29. The van der Waals surface area contributed by atoms with Crippen LogP contribution in [0.15, 0.2) is 30.3 Å². The minimum absolute atomic E-state index is 0.207. The van der Waals surface area contributed by atoms with Crippen LogP contribution in [-0.2, 0) is 4.74 Å². The smallest absolute Gasteiger partial charge is 0.338 e. The molecule has 1 unspecified atom stereocenters. The molecule has 0 saturated carbocycles. The molecular formula is C18H28O2. The molecule has 0 radical (unpaired) electrons. The van der Waals surface area contributed by atoms with Gasteiger partial charge in [0.25, 0.3) is 0 Å². The third-order valence-electron chi connectivity index (χ3n) is 3.63. The number of esters is 1. The van der Waals surface area contributed by atoms with Gasteiger partial charge in [-0.1, -0.05) is 70.6 Å². The SMILES string of the molecule is CCCCC(C)CCCCCOC(=O)c1ccccc1. The molecule has 2 heteroatoms. The molecule has 0 N–H and O–H groups in total. The van der Waals surface area contributed by atoms with Crippen LogP contribution in [0.25, 0.3) is 0 Å². The van der Waals surface area contributed by atoms with E-state index in [0.717, 1.165) is 18.8 Å². The van der Waals surface area contributed by atoms with E-state index in [4.69, 9.17) is 4.74 Å². The maximum Gasteiger partial charge on any atom is 0.338 e. The zero-order valence-corrected chi connectivity index (χ0v) is 12.9. The first-order valence-electron chi connectivity index (χ1n) is 7.96. The molecule has 0 saturated heterocycles. The van der Waals surface area contributed by atoms with Gasteiger partial charge in [-0.25, -0.2) is 4.79 Å². The topological polar surface area (TPSA) is 26.3 Å². The highest BCUT2D eigenvalue weighted by molar-refractivity contribution is 5.89. The monoisotopic (exact) mass is 276 g/mol. The molecule has 0 aliphatic heterocycles. The highest BCUT2D eigenvalue weighted by Gasteiger charge is 2.05. The molecule has 1 atom stereocenters. The lowest BCUT2D eigenvalue weighted by atomic mass is 9.98. The summed E-state index contributed by atoms with van der Waals surface area (Å²) in [6, 6.07) is 9.19. The highest BCUT2D eigenvalue weighted by Crippen LogP contribution is 2.15. The van der Waals surface area contributed by atoms with Crippen LogP contribution < -0.4 is 0 Å². The van der Waals surface area contributed by atoms with Crippen molar-refractivity contribution in [2.75, 3.05) is 6.61 Å². The van der Waals surface area contributed by atoms with Gasteiger partial charge in [0.2, 0.25) is 0 Å². The lowest BCUT2D eigenvalue weighted by molar-refractivity contribution is 0.0497. The van der Waals surface area contributed by atoms with Crippen molar-refractivity contribution in [2.45, 2.75) is 58.8 Å². The van der Waals surface area contributed by atoms with Gasteiger partial charge in [0, 0.05) is 0 Å². The van der Waals surface area contributed by atoms with E-state index in [9.17, 15) is 4.79 Å². The van der Waals surface area contributed by atoms with Gasteiger partial charge in [-0.2, -0.15) is 0 Å². The molecule has 1 rings (SSSR count). The maximum atomic E-state index is 11.7. The number of ether oxygens (including phenoxy) is 1. The van der Waals surface area contributed by atoms with E-state index in [1.54, 1.807) is 12.1 Å². The third-order valence-corrected chi connectivity index (χ3v) is 3.63. The Balaban J connectivity index is 2.01. The second kappa shape index (κ2) is 10.5. The van der Waals surface area contributed by atoms with Crippen LogP contribution in [0.3, 0.4) is 0 Å². The van der Waals surface area contributed by atoms with Crippen LogP contribution >= 0.6 is 0 Å². The second-order valence-corrected chi connectivity index (χ2v) is 5.60. The van der Waals surface area contributed by atoms with Gasteiger partial charge < -0.3 is 4.74 Å². The first-order chi connectivity index (χ1) is 9.74. The molecule has 0 bridgehead atoms. The summed E-state index contributed by atoms with van der Waals surface area (Å²) in [6.07, 6.45) is 8.65. The lowest BCUT2D eigenvalue weighted by Gasteiger charge is -2.10. The first-order valence-corrected chi connectivity index (χ1v) is 7.96. The van der Waals surface area contributed by atoms with Crippen LogP contribution in [0.4, 0.5) is 0 Å². The van der Waals surface area contributed by atoms with Crippen molar-refractivity contribution in [1.29, 1.82) is 0 Å². The molecule has 1 aromatic rings. The molecule has 0 aromatic heterocycles. The molecule has 1 aromatic carbocycles. The normalized spacial score (nSPS) is 12.1. The summed E-state index contributed by atoms with van der Waals surface area (Å²) in [6.45, 7) is 5.12. The second-order valence-electron chi connectivity index (χ2n) is 5.60. The van der Waals surface area contributed by atoms with Gasteiger partial charge in [-0.3, -0.25) is 0 Å². The minimum atomic E-state index is -0.207. The van der Waals surface area contributed by atoms with Gasteiger partial charge in [-0.05, 0) is 24.5 Å². The van der Waals surface area contributed by atoms with Crippen molar-refractivity contribution in [3.8, 4) is 0 Å². The summed E-state index contributed by atoms with van der Waals surface area (Å²) in [4.78, 5) is 11.7. The van der Waals surface area contributed by atoms with Gasteiger partial charge in [0.15, 0.2) is 0 Å². The largest absolute Gasteiger partial charge is 0.462 e. The Morgan fingerprint density at radius 2 is 1.75 bits per heavy atom. The molecule has 0 aliphatic carbocycles. The van der Waals surface area contributed by atoms with E-state index in [-0.39, 0.29) is 5.97 Å². The average molecular weight is 276 g/mol. The molecule has 0 spiro atoms. The maximum absolute atomic E-state index is 11.7. The van der Waals surface area contributed by atoms with Crippen molar-refractivity contribution >= 4 is 5.97 Å². The van der Waals surface area contributed by atoms with Gasteiger partial charge >= 0.3 is 5.97 Å². The zero-order chi connectivity index (χ0) is 14.6. The highest BCUT2D eigenvalue weighted by atomic mass is 16.5. The summed E-state index contributed by atoms with van der Waals surface area (Å²) in [7, 11) is 0. The summed E-state index contributed by atoms with van der Waals surface area (Å²) >= 11 is 0. The third kappa shape index (κ3) is 7.32. The molecule has 112 valence electrons. The summed E-state index contributed by atoms with van der Waals surface area (Å²) in [5.74, 6) is 0.628. The minimum Gasteiger partial charge on any atom is -0.462 e. The number of carbonyl (C=O) groups is 1. The molecule has 20 heavy (non-hydrogen) atoms. The van der Waals surface area contributed by atoms with Crippen molar-refractivity contribution in [3.63, 3.8) is 0 Å². The molecule has 0 aliphatic rings. The van der Waals surface area contributed by atoms with Crippen molar-refractivity contribution in [1.82, 2.24) is 0 Å². The van der Waals surface area contributed by atoms with E-state index in [1.807, 2.05) is 18.2 Å². The number of rotatable bonds is 10. The zero-order valence-electron chi connectivity index (χ0n) is 12.9. The van der Waals surface area contributed by atoms with Crippen molar-refractivity contribution in [2.24, 2.45) is 5.92 Å². The van der Waals surface area contributed by atoms with Gasteiger partial charge in [0.05, 0.1) is 12.2 Å². The van der Waals surface area contributed by atoms with Crippen molar-refractivity contribution in [3.05, 3.63) is 35.9 Å². The summed E-state index contributed by atoms with van der Waals surface area (Å²) in [5, 5.41) is 0. The van der Waals surface area contributed by atoms with E-state index < -0.39 is 0 Å². The predicted molar refractivity (Wildman–Crippen MR) is 83.9 cm³/mol. The van der Waals surface area contributed by atoms with Crippen molar-refractivity contribution < 1.29 is 9.53 Å². The fraction of sp³-hybridized carbons (Fsp3) is 0.611. The van der Waals surface area contributed by atoms with Crippen LogP contribution in [0.5, 0.6) is 0 Å². The van der Waals surface area contributed by atoms with E-state index in [0.29, 0.717) is 12.2 Å². The van der Waals surface area contributed by atoms with Crippen LogP contribution in [0.2, 0.25) is 0 Å². The Kier molecular flexibility index (Phi) is 8.77. The Labute approximate surface area is 123 Å². The average Bonchev–Trinajstić information content (AvgIpc) is 2.49. The lowest BCUT2D eigenvalue weighted by Crippen LogP contribution is -2.06. The molecule has 0 amide bonds. The number of hydrogen-bond acceptors (Lipinski definition) is 2. The molecule has 0 heterocycles. The Bertz CT molecular complexity index is 359. The fourth-order valence-corrected chi connectivity index (χ4v) is 2.29. The van der Waals surface area contributed by atoms with Crippen LogP contribution in [0.1, 0.15) is 69.2 Å².